The van der Waals surface area contributed by atoms with Gasteiger partial charge in [0.2, 0.25) is 0 Å². The van der Waals surface area contributed by atoms with E-state index in [-0.39, 0.29) is 6.10 Å². The first-order valence-electron chi connectivity index (χ1n) is 8.42. The first-order valence-corrected chi connectivity index (χ1v) is 8.42. The average Bonchev–Trinajstić information content (AvgIpc) is 2.84. The smallest absolute Gasteiger partial charge is 0.0571 e. The SMILES string of the molecule is CC(C)CC(O)C1CCN(CCCc2cnn(C)c2)CC1. The van der Waals surface area contributed by atoms with Gasteiger partial charge in [0.05, 0.1) is 12.3 Å². The van der Waals surface area contributed by atoms with Crippen LogP contribution in [-0.2, 0) is 13.5 Å². The van der Waals surface area contributed by atoms with E-state index in [0.717, 1.165) is 38.8 Å². The first-order chi connectivity index (χ1) is 10.0. The van der Waals surface area contributed by atoms with Crippen LogP contribution in [-0.4, -0.2) is 45.5 Å². The molecule has 2 heterocycles. The maximum atomic E-state index is 10.2. The van der Waals surface area contributed by atoms with Crippen LogP contribution in [0.4, 0.5) is 0 Å². The second kappa shape index (κ2) is 7.95. The Bertz CT molecular complexity index is 408. The molecule has 0 bridgehead atoms. The van der Waals surface area contributed by atoms with E-state index in [1.165, 1.54) is 18.5 Å². The summed E-state index contributed by atoms with van der Waals surface area (Å²) in [6, 6.07) is 0. The Morgan fingerprint density at radius 3 is 2.62 bits per heavy atom. The first kappa shape index (κ1) is 16.5. The molecule has 1 saturated heterocycles. The molecule has 2 rings (SSSR count). The standard InChI is InChI=1S/C17H31N3O/c1-14(2)11-17(21)16-6-9-20(10-7-16)8-4-5-15-12-18-19(3)13-15/h12-14,16-17,21H,4-11H2,1-3H3. The van der Waals surface area contributed by atoms with Crippen LogP contribution in [0.25, 0.3) is 0 Å². The molecule has 0 amide bonds. The predicted octanol–water partition coefficient (Wildman–Crippen LogP) is 2.47. The maximum Gasteiger partial charge on any atom is 0.0571 e. The lowest BCUT2D eigenvalue weighted by atomic mass is 9.87. The number of nitrogens with zero attached hydrogens (tertiary/aromatic N) is 3. The molecule has 1 fully saturated rings. The fourth-order valence-corrected chi connectivity index (χ4v) is 3.34. The lowest BCUT2D eigenvalue weighted by Gasteiger charge is -2.34. The maximum absolute atomic E-state index is 10.2. The predicted molar refractivity (Wildman–Crippen MR) is 86.2 cm³/mol. The zero-order valence-corrected chi connectivity index (χ0v) is 13.8. The average molecular weight is 293 g/mol. The van der Waals surface area contributed by atoms with E-state index in [9.17, 15) is 5.11 Å². The number of hydrogen-bond donors (Lipinski definition) is 1. The lowest BCUT2D eigenvalue weighted by Crippen LogP contribution is -2.38. The molecular formula is C17H31N3O. The van der Waals surface area contributed by atoms with Crippen molar-refractivity contribution >= 4 is 0 Å². The number of hydrogen-bond acceptors (Lipinski definition) is 3. The van der Waals surface area contributed by atoms with Crippen LogP contribution >= 0.6 is 0 Å². The van der Waals surface area contributed by atoms with Crippen LogP contribution in [0.2, 0.25) is 0 Å². The minimum Gasteiger partial charge on any atom is -0.393 e. The molecule has 0 radical (unpaired) electrons. The van der Waals surface area contributed by atoms with Gasteiger partial charge in [0.1, 0.15) is 0 Å². The highest BCUT2D eigenvalue weighted by Gasteiger charge is 2.25. The number of likely N-dealkylation sites (tertiary alicyclic amines) is 1. The van der Waals surface area contributed by atoms with E-state index in [1.807, 2.05) is 17.9 Å². The summed E-state index contributed by atoms with van der Waals surface area (Å²) in [5.41, 5.74) is 1.33. The van der Waals surface area contributed by atoms with Gasteiger partial charge in [0.25, 0.3) is 0 Å². The number of aliphatic hydroxyl groups excluding tert-OH is 1. The van der Waals surface area contributed by atoms with Gasteiger partial charge >= 0.3 is 0 Å². The lowest BCUT2D eigenvalue weighted by molar-refractivity contribution is 0.0452. The topological polar surface area (TPSA) is 41.3 Å². The van der Waals surface area contributed by atoms with Crippen LogP contribution in [0.1, 0.15) is 45.1 Å². The van der Waals surface area contributed by atoms with Crippen molar-refractivity contribution in [2.24, 2.45) is 18.9 Å². The van der Waals surface area contributed by atoms with Crippen molar-refractivity contribution in [1.29, 1.82) is 0 Å². The molecular weight excluding hydrogens is 262 g/mol. The van der Waals surface area contributed by atoms with E-state index in [2.05, 4.69) is 30.0 Å². The van der Waals surface area contributed by atoms with E-state index < -0.39 is 0 Å². The third kappa shape index (κ3) is 5.44. The van der Waals surface area contributed by atoms with Gasteiger partial charge in [-0.05, 0) is 69.1 Å². The van der Waals surface area contributed by atoms with Gasteiger partial charge in [-0.1, -0.05) is 13.8 Å². The Labute approximate surface area is 129 Å². The third-order valence-corrected chi connectivity index (χ3v) is 4.59. The summed E-state index contributed by atoms with van der Waals surface area (Å²) in [6.07, 6.45) is 9.55. The summed E-state index contributed by atoms with van der Waals surface area (Å²) in [4.78, 5) is 2.55. The number of aliphatic hydroxyl groups is 1. The van der Waals surface area contributed by atoms with Crippen molar-refractivity contribution in [3.8, 4) is 0 Å². The molecule has 1 aliphatic rings. The van der Waals surface area contributed by atoms with Crippen LogP contribution in [0.15, 0.2) is 12.4 Å². The van der Waals surface area contributed by atoms with Gasteiger partial charge in [0, 0.05) is 13.2 Å². The van der Waals surface area contributed by atoms with Crippen LogP contribution in [0, 0.1) is 11.8 Å². The van der Waals surface area contributed by atoms with Gasteiger partial charge in [-0.2, -0.15) is 5.10 Å². The van der Waals surface area contributed by atoms with Gasteiger partial charge in [-0.15, -0.1) is 0 Å². The molecule has 1 aliphatic heterocycles. The van der Waals surface area contributed by atoms with Crippen molar-refractivity contribution in [3.63, 3.8) is 0 Å². The molecule has 1 aromatic heterocycles. The van der Waals surface area contributed by atoms with E-state index >= 15 is 0 Å². The van der Waals surface area contributed by atoms with Gasteiger partial charge in [-0.25, -0.2) is 0 Å². The molecule has 1 unspecified atom stereocenters. The summed E-state index contributed by atoms with van der Waals surface area (Å²) < 4.78 is 1.87. The number of aromatic nitrogens is 2. The van der Waals surface area contributed by atoms with E-state index in [1.54, 1.807) is 0 Å². The second-order valence-corrected chi connectivity index (χ2v) is 7.00. The van der Waals surface area contributed by atoms with Gasteiger partial charge in [-0.3, -0.25) is 4.68 Å². The highest BCUT2D eigenvalue weighted by molar-refractivity contribution is 5.03. The molecule has 0 aromatic carbocycles. The van der Waals surface area contributed by atoms with Crippen LogP contribution in [0.5, 0.6) is 0 Å². The van der Waals surface area contributed by atoms with Crippen LogP contribution in [0.3, 0.4) is 0 Å². The quantitative estimate of drug-likeness (QED) is 0.839. The minimum absolute atomic E-state index is 0.0949. The molecule has 4 nitrogen and oxygen atoms in total. The zero-order valence-electron chi connectivity index (χ0n) is 13.8. The van der Waals surface area contributed by atoms with Gasteiger partial charge < -0.3 is 10.0 Å². The molecule has 21 heavy (non-hydrogen) atoms. The monoisotopic (exact) mass is 293 g/mol. The Balaban J connectivity index is 1.62. The van der Waals surface area contributed by atoms with Crippen molar-refractivity contribution in [2.75, 3.05) is 19.6 Å². The molecule has 120 valence electrons. The molecule has 1 atom stereocenters. The van der Waals surface area contributed by atoms with Crippen molar-refractivity contribution in [3.05, 3.63) is 18.0 Å². The van der Waals surface area contributed by atoms with Crippen LogP contribution < -0.4 is 0 Å². The fraction of sp³-hybridized carbons (Fsp3) is 0.824. The summed E-state index contributed by atoms with van der Waals surface area (Å²) in [5.74, 6) is 1.11. The number of rotatable bonds is 7. The fourth-order valence-electron chi connectivity index (χ4n) is 3.34. The van der Waals surface area contributed by atoms with Crippen molar-refractivity contribution in [1.82, 2.24) is 14.7 Å². The molecule has 1 aromatic rings. The summed E-state index contributed by atoms with van der Waals surface area (Å²) in [6.45, 7) is 7.84. The highest BCUT2D eigenvalue weighted by atomic mass is 16.3. The summed E-state index contributed by atoms with van der Waals surface area (Å²) in [5, 5.41) is 14.4. The molecule has 0 spiro atoms. The third-order valence-electron chi connectivity index (χ3n) is 4.59. The molecule has 1 N–H and O–H groups in total. The highest BCUT2D eigenvalue weighted by Crippen LogP contribution is 2.24. The normalized spacial score (nSPS) is 19.3. The largest absolute Gasteiger partial charge is 0.393 e. The van der Waals surface area contributed by atoms with Crippen molar-refractivity contribution in [2.45, 2.75) is 52.1 Å². The van der Waals surface area contributed by atoms with Crippen molar-refractivity contribution < 1.29 is 5.11 Å². The molecule has 0 aliphatic carbocycles. The number of aryl methyl sites for hydroxylation is 2. The summed E-state index contributed by atoms with van der Waals surface area (Å²) >= 11 is 0. The Kier molecular flexibility index (Phi) is 6.24. The Hall–Kier alpha value is -0.870. The second-order valence-electron chi connectivity index (χ2n) is 7.00. The number of piperidine rings is 1. The minimum atomic E-state index is -0.0949. The molecule has 4 heteroatoms. The molecule has 0 saturated carbocycles. The summed E-state index contributed by atoms with van der Waals surface area (Å²) in [7, 11) is 1.97. The van der Waals surface area contributed by atoms with E-state index in [0.29, 0.717) is 11.8 Å². The van der Waals surface area contributed by atoms with Gasteiger partial charge in [0.15, 0.2) is 0 Å². The Morgan fingerprint density at radius 1 is 1.33 bits per heavy atom. The van der Waals surface area contributed by atoms with E-state index in [4.69, 9.17) is 0 Å². The zero-order chi connectivity index (χ0) is 15.2. The Morgan fingerprint density at radius 2 is 2.05 bits per heavy atom.